The summed E-state index contributed by atoms with van der Waals surface area (Å²) in [6.07, 6.45) is 4.25. The molecule has 0 bridgehead atoms. The van der Waals surface area contributed by atoms with Crippen LogP contribution in [0.3, 0.4) is 0 Å². The first-order valence-electron chi connectivity index (χ1n) is 11.6. The largest absolute Gasteiger partial charge is 0.325 e. The molecule has 1 amide bonds. The number of hydrogen-bond donors (Lipinski definition) is 1. The minimum absolute atomic E-state index is 0.00506. The first kappa shape index (κ1) is 22.9. The number of thioether (sulfide) groups is 1. The van der Waals surface area contributed by atoms with Gasteiger partial charge in [-0.2, -0.15) is 0 Å². The van der Waals surface area contributed by atoms with E-state index in [1.165, 1.54) is 22.2 Å². The van der Waals surface area contributed by atoms with Crippen molar-refractivity contribution in [3.63, 3.8) is 0 Å². The normalized spacial score (nSPS) is 13.1. The molecule has 0 saturated carbocycles. The number of rotatable bonds is 6. The van der Waals surface area contributed by atoms with Gasteiger partial charge in [0.15, 0.2) is 5.16 Å². The molecular formula is C27H27N3O2S2. The molecule has 174 valence electrons. The van der Waals surface area contributed by atoms with Gasteiger partial charge in [-0.3, -0.25) is 14.2 Å². The number of nitrogens with zero attached hydrogens (tertiary/aromatic N) is 2. The lowest BCUT2D eigenvalue weighted by molar-refractivity contribution is -0.113. The van der Waals surface area contributed by atoms with Crippen molar-refractivity contribution in [2.45, 2.75) is 51.2 Å². The Bertz CT molecular complexity index is 1400. The van der Waals surface area contributed by atoms with Crippen LogP contribution < -0.4 is 10.9 Å². The van der Waals surface area contributed by atoms with Gasteiger partial charge in [0, 0.05) is 10.6 Å². The summed E-state index contributed by atoms with van der Waals surface area (Å²) in [5, 5.41) is 4.35. The Morgan fingerprint density at radius 3 is 2.59 bits per heavy atom. The second kappa shape index (κ2) is 9.76. The Morgan fingerprint density at radius 2 is 1.82 bits per heavy atom. The molecule has 34 heavy (non-hydrogen) atoms. The van der Waals surface area contributed by atoms with Crippen LogP contribution in [0, 0.1) is 13.8 Å². The van der Waals surface area contributed by atoms with Gasteiger partial charge in [-0.15, -0.1) is 11.3 Å². The van der Waals surface area contributed by atoms with Crippen LogP contribution in [-0.2, 0) is 24.2 Å². The molecule has 0 radical (unpaired) electrons. The van der Waals surface area contributed by atoms with Gasteiger partial charge in [-0.25, -0.2) is 4.98 Å². The quantitative estimate of drug-likeness (QED) is 0.277. The number of aryl methyl sites for hydroxylation is 4. The van der Waals surface area contributed by atoms with Crippen LogP contribution >= 0.6 is 23.1 Å². The van der Waals surface area contributed by atoms with Crippen molar-refractivity contribution in [3.05, 3.63) is 86.0 Å². The topological polar surface area (TPSA) is 64.0 Å². The Morgan fingerprint density at radius 1 is 1.09 bits per heavy atom. The fourth-order valence-corrected chi connectivity index (χ4v) is 6.71. The number of carbonyl (C=O) groups excluding carboxylic acids is 1. The standard InChI is InChI=1S/C27H27N3O2S2/c1-17-12-18(2)14-20(13-17)28-23(31)16-33-27-29-25-24(21-10-6-7-11-22(21)34-25)26(32)30(27)15-19-8-4-3-5-9-19/h3-5,8-9,12-14H,6-7,10-11,15-16H2,1-2H3,(H,28,31). The monoisotopic (exact) mass is 489 g/mol. The molecule has 7 heteroatoms. The molecule has 4 aromatic rings. The first-order chi connectivity index (χ1) is 16.5. The Kier molecular flexibility index (Phi) is 6.57. The van der Waals surface area contributed by atoms with Gasteiger partial charge < -0.3 is 5.32 Å². The molecule has 1 N–H and O–H groups in total. The van der Waals surface area contributed by atoms with E-state index in [-0.39, 0.29) is 17.2 Å². The predicted molar refractivity (Wildman–Crippen MR) is 141 cm³/mol. The summed E-state index contributed by atoms with van der Waals surface area (Å²) >= 11 is 2.97. The van der Waals surface area contributed by atoms with E-state index >= 15 is 0 Å². The number of fused-ring (bicyclic) bond motifs is 3. The summed E-state index contributed by atoms with van der Waals surface area (Å²) < 4.78 is 1.74. The molecule has 0 spiro atoms. The average molecular weight is 490 g/mol. The molecule has 0 saturated heterocycles. The molecule has 2 heterocycles. The average Bonchev–Trinajstić information content (AvgIpc) is 3.18. The summed E-state index contributed by atoms with van der Waals surface area (Å²) in [5.74, 6) is 0.0752. The van der Waals surface area contributed by atoms with Crippen molar-refractivity contribution in [1.29, 1.82) is 0 Å². The highest BCUT2D eigenvalue weighted by Crippen LogP contribution is 2.34. The molecule has 0 unspecified atom stereocenters. The predicted octanol–water partition coefficient (Wildman–Crippen LogP) is 5.73. The number of hydrogen-bond acceptors (Lipinski definition) is 5. The maximum absolute atomic E-state index is 13.7. The summed E-state index contributed by atoms with van der Waals surface area (Å²) in [6, 6.07) is 15.9. The minimum Gasteiger partial charge on any atom is -0.325 e. The fourth-order valence-electron chi connectivity index (χ4n) is 4.61. The zero-order valence-electron chi connectivity index (χ0n) is 19.4. The zero-order valence-corrected chi connectivity index (χ0v) is 21.0. The van der Waals surface area contributed by atoms with E-state index in [4.69, 9.17) is 4.98 Å². The van der Waals surface area contributed by atoms with Crippen LogP contribution in [0.25, 0.3) is 10.2 Å². The highest BCUT2D eigenvalue weighted by Gasteiger charge is 2.22. The van der Waals surface area contributed by atoms with Crippen LogP contribution in [0.1, 0.15) is 40.0 Å². The van der Waals surface area contributed by atoms with E-state index in [9.17, 15) is 9.59 Å². The van der Waals surface area contributed by atoms with E-state index in [0.717, 1.165) is 58.3 Å². The molecule has 2 aromatic carbocycles. The lowest BCUT2D eigenvalue weighted by Crippen LogP contribution is -2.25. The van der Waals surface area contributed by atoms with Gasteiger partial charge >= 0.3 is 0 Å². The first-order valence-corrected chi connectivity index (χ1v) is 13.4. The number of benzene rings is 2. The van der Waals surface area contributed by atoms with Gasteiger partial charge in [0.05, 0.1) is 17.7 Å². The fraction of sp³-hybridized carbons (Fsp3) is 0.296. The highest BCUT2D eigenvalue weighted by molar-refractivity contribution is 7.99. The van der Waals surface area contributed by atoms with Crippen molar-refractivity contribution >= 4 is 44.9 Å². The molecule has 0 atom stereocenters. The van der Waals surface area contributed by atoms with Crippen LogP contribution in [0.4, 0.5) is 5.69 Å². The third-order valence-corrected chi connectivity index (χ3v) is 8.22. The van der Waals surface area contributed by atoms with E-state index in [1.54, 1.807) is 15.9 Å². The lowest BCUT2D eigenvalue weighted by Gasteiger charge is -2.14. The van der Waals surface area contributed by atoms with Crippen molar-refractivity contribution in [1.82, 2.24) is 9.55 Å². The second-order valence-corrected chi connectivity index (χ2v) is 10.9. The van der Waals surface area contributed by atoms with E-state index in [1.807, 2.05) is 56.3 Å². The Balaban J connectivity index is 1.46. The molecular weight excluding hydrogens is 462 g/mol. The molecule has 5 nitrogen and oxygen atoms in total. The third kappa shape index (κ3) is 4.81. The van der Waals surface area contributed by atoms with E-state index < -0.39 is 0 Å². The second-order valence-electron chi connectivity index (χ2n) is 8.88. The van der Waals surface area contributed by atoms with E-state index in [2.05, 4.69) is 11.4 Å². The zero-order chi connectivity index (χ0) is 23.7. The molecule has 0 aliphatic heterocycles. The van der Waals surface area contributed by atoms with Gasteiger partial charge in [-0.05, 0) is 73.9 Å². The number of carbonyl (C=O) groups is 1. The lowest BCUT2D eigenvalue weighted by atomic mass is 9.97. The summed E-state index contributed by atoms with van der Waals surface area (Å²) in [7, 11) is 0. The van der Waals surface area contributed by atoms with Crippen LogP contribution in [0.15, 0.2) is 58.5 Å². The summed E-state index contributed by atoms with van der Waals surface area (Å²) in [6.45, 7) is 4.47. The molecule has 2 aromatic heterocycles. The van der Waals surface area contributed by atoms with E-state index in [0.29, 0.717) is 11.7 Å². The van der Waals surface area contributed by atoms with Crippen molar-refractivity contribution < 1.29 is 4.79 Å². The van der Waals surface area contributed by atoms with Crippen LogP contribution in [0.2, 0.25) is 0 Å². The number of anilines is 1. The smallest absolute Gasteiger partial charge is 0.263 e. The van der Waals surface area contributed by atoms with Gasteiger partial charge in [0.1, 0.15) is 4.83 Å². The molecule has 0 fully saturated rings. The van der Waals surface area contributed by atoms with Gasteiger partial charge in [-0.1, -0.05) is 48.2 Å². The number of amides is 1. The van der Waals surface area contributed by atoms with Crippen LogP contribution in [0.5, 0.6) is 0 Å². The maximum atomic E-state index is 13.7. The minimum atomic E-state index is -0.110. The summed E-state index contributed by atoms with van der Waals surface area (Å²) in [4.78, 5) is 33.5. The van der Waals surface area contributed by atoms with Crippen LogP contribution in [-0.4, -0.2) is 21.2 Å². The molecule has 1 aliphatic rings. The van der Waals surface area contributed by atoms with Crippen molar-refractivity contribution in [3.8, 4) is 0 Å². The highest BCUT2D eigenvalue weighted by atomic mass is 32.2. The SMILES string of the molecule is Cc1cc(C)cc(NC(=O)CSc2nc3sc4c(c3c(=O)n2Cc2ccccc2)CCCC4)c1. The van der Waals surface area contributed by atoms with Crippen molar-refractivity contribution in [2.75, 3.05) is 11.1 Å². The number of aromatic nitrogens is 2. The van der Waals surface area contributed by atoms with Crippen molar-refractivity contribution in [2.24, 2.45) is 0 Å². The third-order valence-electron chi connectivity index (χ3n) is 6.06. The Labute approximate surface area is 207 Å². The number of thiophene rings is 1. The molecule has 5 rings (SSSR count). The number of nitrogens with one attached hydrogen (secondary N) is 1. The van der Waals surface area contributed by atoms with Gasteiger partial charge in [0.25, 0.3) is 5.56 Å². The molecule has 1 aliphatic carbocycles. The maximum Gasteiger partial charge on any atom is 0.263 e. The summed E-state index contributed by atoms with van der Waals surface area (Å²) in [5.41, 5.74) is 5.23. The Hall–Kier alpha value is -2.90. The van der Waals surface area contributed by atoms with Gasteiger partial charge in [0.2, 0.25) is 5.91 Å².